The zero-order valence-corrected chi connectivity index (χ0v) is 14.6. The fourth-order valence-electron chi connectivity index (χ4n) is 3.47. The van der Waals surface area contributed by atoms with E-state index in [1.807, 2.05) is 24.1 Å². The zero-order chi connectivity index (χ0) is 18.3. The summed E-state index contributed by atoms with van der Waals surface area (Å²) in [6, 6.07) is 7.65. The molecule has 0 N–H and O–H groups in total. The molecule has 1 aliphatic rings. The average molecular weight is 350 g/mol. The summed E-state index contributed by atoms with van der Waals surface area (Å²) in [5.74, 6) is 0.652. The number of benzene rings is 1. The first kappa shape index (κ1) is 16.1. The summed E-state index contributed by atoms with van der Waals surface area (Å²) in [6.45, 7) is 1.24. The van der Waals surface area contributed by atoms with Crippen LogP contribution in [0, 0.1) is 11.3 Å². The highest BCUT2D eigenvalue weighted by molar-refractivity contribution is 5.98. The van der Waals surface area contributed by atoms with Crippen molar-refractivity contribution in [2.24, 2.45) is 7.05 Å². The van der Waals surface area contributed by atoms with Gasteiger partial charge in [0.25, 0.3) is 5.91 Å². The molecule has 0 aliphatic carbocycles. The molecule has 0 spiro atoms. The second-order valence-corrected chi connectivity index (χ2v) is 6.38. The van der Waals surface area contributed by atoms with Crippen molar-refractivity contribution in [3.63, 3.8) is 0 Å². The molecular formula is C18H18N6O2. The second kappa shape index (κ2) is 6.19. The quantitative estimate of drug-likeness (QED) is 0.718. The molecule has 1 amide bonds. The third-order valence-corrected chi connectivity index (χ3v) is 4.78. The molecular weight excluding hydrogens is 332 g/mol. The monoisotopic (exact) mass is 350 g/mol. The van der Waals surface area contributed by atoms with Crippen molar-refractivity contribution >= 4 is 16.8 Å². The SMILES string of the molecule is COc1c2ccc(C(=O)N3CCC(n4cc(C#N)cn4)C3)cc2nn1C. The van der Waals surface area contributed by atoms with E-state index in [2.05, 4.69) is 16.3 Å². The number of ether oxygens (including phenoxy) is 1. The maximum absolute atomic E-state index is 12.9. The van der Waals surface area contributed by atoms with Crippen LogP contribution in [0.4, 0.5) is 0 Å². The highest BCUT2D eigenvalue weighted by Gasteiger charge is 2.29. The summed E-state index contributed by atoms with van der Waals surface area (Å²) in [6.07, 6.45) is 4.09. The topological polar surface area (TPSA) is 89.0 Å². The number of likely N-dealkylation sites (tertiary alicyclic amines) is 1. The first-order valence-electron chi connectivity index (χ1n) is 8.35. The number of methoxy groups -OCH3 is 1. The first-order valence-corrected chi connectivity index (χ1v) is 8.35. The normalized spacial score (nSPS) is 16.8. The summed E-state index contributed by atoms with van der Waals surface area (Å²) in [7, 11) is 3.41. The molecule has 0 radical (unpaired) electrons. The van der Waals surface area contributed by atoms with Crippen LogP contribution in [0.25, 0.3) is 10.9 Å². The second-order valence-electron chi connectivity index (χ2n) is 6.38. The van der Waals surface area contributed by atoms with Gasteiger partial charge in [-0.25, -0.2) is 4.68 Å². The summed E-state index contributed by atoms with van der Waals surface area (Å²) < 4.78 is 8.78. The molecule has 1 aliphatic heterocycles. The summed E-state index contributed by atoms with van der Waals surface area (Å²) in [5, 5.41) is 18.4. The van der Waals surface area contributed by atoms with Crippen molar-refractivity contribution in [3.05, 3.63) is 41.7 Å². The lowest BCUT2D eigenvalue weighted by Crippen LogP contribution is -2.29. The minimum Gasteiger partial charge on any atom is -0.481 e. The van der Waals surface area contributed by atoms with E-state index in [0.717, 1.165) is 17.3 Å². The number of carbonyl (C=O) groups excluding carboxylic acids is 1. The van der Waals surface area contributed by atoms with Crippen molar-refractivity contribution in [2.45, 2.75) is 12.5 Å². The number of fused-ring (bicyclic) bond motifs is 1. The minimum atomic E-state index is -0.0216. The van der Waals surface area contributed by atoms with Crippen molar-refractivity contribution in [1.82, 2.24) is 24.5 Å². The van der Waals surface area contributed by atoms with Crippen LogP contribution in [0.15, 0.2) is 30.6 Å². The lowest BCUT2D eigenvalue weighted by molar-refractivity contribution is 0.0787. The maximum atomic E-state index is 12.9. The summed E-state index contributed by atoms with van der Waals surface area (Å²) in [5.41, 5.74) is 1.87. The molecule has 3 aromatic rings. The molecule has 3 heterocycles. The number of nitrogens with zero attached hydrogens (tertiary/aromatic N) is 6. The van der Waals surface area contributed by atoms with Crippen LogP contribution in [-0.2, 0) is 7.05 Å². The lowest BCUT2D eigenvalue weighted by Gasteiger charge is -2.16. The standard InChI is InChI=1S/C18H18N6O2/c1-22-18(26-2)15-4-3-13(7-16(15)21-22)17(25)23-6-5-14(11-23)24-10-12(8-19)9-20-24/h3-4,7,9-10,14H,5-6,11H2,1-2H3. The number of hydrogen-bond acceptors (Lipinski definition) is 5. The third kappa shape index (κ3) is 2.58. The van der Waals surface area contributed by atoms with Gasteiger partial charge in [-0.15, -0.1) is 0 Å². The Hall–Kier alpha value is -3.34. The Labute approximate surface area is 150 Å². The van der Waals surface area contributed by atoms with E-state index in [0.29, 0.717) is 30.1 Å². The van der Waals surface area contributed by atoms with Crippen molar-refractivity contribution < 1.29 is 9.53 Å². The predicted octanol–water partition coefficient (Wildman–Crippen LogP) is 1.74. The van der Waals surface area contributed by atoms with Crippen LogP contribution in [-0.4, -0.2) is 50.6 Å². The van der Waals surface area contributed by atoms with Gasteiger partial charge in [0, 0.05) is 31.9 Å². The average Bonchev–Trinajstić information content (AvgIpc) is 3.37. The van der Waals surface area contributed by atoms with E-state index in [4.69, 9.17) is 10.00 Å². The highest BCUT2D eigenvalue weighted by Crippen LogP contribution is 2.27. The van der Waals surface area contributed by atoms with Crippen LogP contribution in [0.3, 0.4) is 0 Å². The number of amides is 1. The Morgan fingerprint density at radius 2 is 2.27 bits per heavy atom. The first-order chi connectivity index (χ1) is 12.6. The molecule has 8 heteroatoms. The molecule has 1 saturated heterocycles. The molecule has 4 rings (SSSR count). The van der Waals surface area contributed by atoms with Crippen LogP contribution in [0.1, 0.15) is 28.4 Å². The largest absolute Gasteiger partial charge is 0.481 e. The van der Waals surface area contributed by atoms with Crippen LogP contribution >= 0.6 is 0 Å². The number of aromatic nitrogens is 4. The summed E-state index contributed by atoms with van der Waals surface area (Å²) in [4.78, 5) is 14.7. The third-order valence-electron chi connectivity index (χ3n) is 4.78. The van der Waals surface area contributed by atoms with Crippen molar-refractivity contribution in [1.29, 1.82) is 5.26 Å². The minimum absolute atomic E-state index is 0.0216. The highest BCUT2D eigenvalue weighted by atomic mass is 16.5. The number of hydrogen-bond donors (Lipinski definition) is 0. The van der Waals surface area contributed by atoms with Gasteiger partial charge in [0.05, 0.1) is 35.8 Å². The Balaban J connectivity index is 1.54. The molecule has 0 bridgehead atoms. The summed E-state index contributed by atoms with van der Waals surface area (Å²) >= 11 is 0. The van der Waals surface area contributed by atoms with E-state index < -0.39 is 0 Å². The lowest BCUT2D eigenvalue weighted by atomic mass is 10.1. The van der Waals surface area contributed by atoms with E-state index >= 15 is 0 Å². The van der Waals surface area contributed by atoms with E-state index in [1.54, 1.807) is 34.9 Å². The molecule has 1 unspecified atom stereocenters. The fraction of sp³-hybridized carbons (Fsp3) is 0.333. The zero-order valence-electron chi connectivity index (χ0n) is 14.6. The smallest absolute Gasteiger partial charge is 0.254 e. The van der Waals surface area contributed by atoms with Crippen LogP contribution in [0.5, 0.6) is 5.88 Å². The fourth-order valence-corrected chi connectivity index (χ4v) is 3.47. The van der Waals surface area contributed by atoms with Gasteiger partial charge in [-0.2, -0.15) is 15.5 Å². The molecule has 2 aromatic heterocycles. The number of aryl methyl sites for hydroxylation is 1. The van der Waals surface area contributed by atoms with Gasteiger partial charge in [0.1, 0.15) is 6.07 Å². The number of rotatable bonds is 3. The Morgan fingerprint density at radius 3 is 3.00 bits per heavy atom. The van der Waals surface area contributed by atoms with Gasteiger partial charge in [0.15, 0.2) is 0 Å². The van der Waals surface area contributed by atoms with Crippen molar-refractivity contribution in [3.8, 4) is 11.9 Å². The van der Waals surface area contributed by atoms with E-state index in [-0.39, 0.29) is 11.9 Å². The predicted molar refractivity (Wildman–Crippen MR) is 93.8 cm³/mol. The van der Waals surface area contributed by atoms with Gasteiger partial charge >= 0.3 is 0 Å². The maximum Gasteiger partial charge on any atom is 0.254 e. The molecule has 1 atom stereocenters. The number of carbonyl (C=O) groups is 1. The molecule has 1 fully saturated rings. The van der Waals surface area contributed by atoms with Gasteiger partial charge < -0.3 is 9.64 Å². The molecule has 8 nitrogen and oxygen atoms in total. The van der Waals surface area contributed by atoms with Crippen LogP contribution < -0.4 is 4.74 Å². The Morgan fingerprint density at radius 1 is 1.42 bits per heavy atom. The van der Waals surface area contributed by atoms with Gasteiger partial charge in [-0.1, -0.05) is 0 Å². The molecule has 1 aromatic carbocycles. The Bertz CT molecular complexity index is 1030. The van der Waals surface area contributed by atoms with Gasteiger partial charge in [-0.05, 0) is 24.6 Å². The molecule has 0 saturated carbocycles. The van der Waals surface area contributed by atoms with E-state index in [9.17, 15) is 4.79 Å². The Kier molecular flexibility index (Phi) is 3.84. The number of nitriles is 1. The van der Waals surface area contributed by atoms with E-state index in [1.165, 1.54) is 0 Å². The van der Waals surface area contributed by atoms with Gasteiger partial charge in [0.2, 0.25) is 5.88 Å². The van der Waals surface area contributed by atoms with Crippen LogP contribution in [0.2, 0.25) is 0 Å². The molecule has 132 valence electrons. The molecule has 26 heavy (non-hydrogen) atoms. The van der Waals surface area contributed by atoms with Crippen molar-refractivity contribution in [2.75, 3.05) is 20.2 Å². The van der Waals surface area contributed by atoms with Gasteiger partial charge in [-0.3, -0.25) is 9.48 Å².